The molecule has 0 unspecified atom stereocenters. The summed E-state index contributed by atoms with van der Waals surface area (Å²) in [4.78, 5) is 11.4. The lowest BCUT2D eigenvalue weighted by Crippen LogP contribution is -2.05. The van der Waals surface area contributed by atoms with Gasteiger partial charge in [-0.2, -0.15) is 0 Å². The monoisotopic (exact) mass is 207 g/mol. The number of nitrogen functional groups attached to an aromatic ring is 1. The Bertz CT molecular complexity index is 372. The van der Waals surface area contributed by atoms with Gasteiger partial charge < -0.3 is 10.5 Å². The summed E-state index contributed by atoms with van der Waals surface area (Å²) in [5, 5.41) is 0. The molecule has 0 fully saturated rings. The van der Waals surface area contributed by atoms with Gasteiger partial charge in [-0.1, -0.05) is 6.92 Å². The molecule has 0 saturated heterocycles. The molecule has 3 nitrogen and oxygen atoms in total. The number of benzene rings is 1. The number of Topliss-reactive ketones (excluding diaryl/α,β-unsaturated/α-hetero) is 1. The van der Waals surface area contributed by atoms with E-state index in [1.807, 2.05) is 26.0 Å². The molecule has 0 spiro atoms. The molecule has 82 valence electrons. The summed E-state index contributed by atoms with van der Waals surface area (Å²) < 4.78 is 5.38. The molecule has 1 rings (SSSR count). The van der Waals surface area contributed by atoms with E-state index in [0.29, 0.717) is 23.6 Å². The van der Waals surface area contributed by atoms with Crippen molar-refractivity contribution in [2.75, 3.05) is 12.3 Å². The Hall–Kier alpha value is -1.51. The number of hydrogen-bond donors (Lipinski definition) is 1. The molecule has 0 aliphatic carbocycles. The molecule has 3 heteroatoms. The topological polar surface area (TPSA) is 52.3 Å². The summed E-state index contributed by atoms with van der Waals surface area (Å²) in [6.45, 7) is 5.93. The molecule has 0 aliphatic rings. The highest BCUT2D eigenvalue weighted by Crippen LogP contribution is 2.29. The van der Waals surface area contributed by atoms with Crippen LogP contribution in [0.15, 0.2) is 12.1 Å². The molecule has 0 radical (unpaired) electrons. The summed E-state index contributed by atoms with van der Waals surface area (Å²) in [7, 11) is 0. The van der Waals surface area contributed by atoms with Crippen molar-refractivity contribution in [3.05, 3.63) is 23.3 Å². The molecule has 0 aromatic heterocycles. The Balaban J connectivity index is 3.28. The zero-order chi connectivity index (χ0) is 11.4. The van der Waals surface area contributed by atoms with Crippen LogP contribution in [0.4, 0.5) is 5.69 Å². The minimum atomic E-state index is -0.0135. The maximum Gasteiger partial charge on any atom is 0.163 e. The van der Waals surface area contributed by atoms with E-state index in [4.69, 9.17) is 10.5 Å². The SMILES string of the molecule is CCOc1c(N)cc(CC)cc1C(C)=O. The number of ether oxygens (including phenoxy) is 1. The standard InChI is InChI=1S/C12H17NO2/c1-4-9-6-10(8(3)14)12(15-5-2)11(13)7-9/h6-7H,4-5,13H2,1-3H3. The van der Waals surface area contributed by atoms with E-state index in [-0.39, 0.29) is 5.78 Å². The Labute approximate surface area is 90.2 Å². The van der Waals surface area contributed by atoms with Gasteiger partial charge in [0, 0.05) is 0 Å². The van der Waals surface area contributed by atoms with Crippen LogP contribution in [0.25, 0.3) is 0 Å². The van der Waals surface area contributed by atoms with Crippen LogP contribution < -0.4 is 10.5 Å². The molecule has 0 saturated carbocycles. The zero-order valence-corrected chi connectivity index (χ0v) is 9.46. The van der Waals surface area contributed by atoms with Gasteiger partial charge >= 0.3 is 0 Å². The van der Waals surface area contributed by atoms with E-state index in [1.165, 1.54) is 6.92 Å². The third kappa shape index (κ3) is 2.49. The number of nitrogens with two attached hydrogens (primary N) is 1. The fraction of sp³-hybridized carbons (Fsp3) is 0.417. The quantitative estimate of drug-likeness (QED) is 0.609. The van der Waals surface area contributed by atoms with Crippen molar-refractivity contribution in [1.82, 2.24) is 0 Å². The predicted octanol–water partition coefficient (Wildman–Crippen LogP) is 2.43. The lowest BCUT2D eigenvalue weighted by Gasteiger charge is -2.12. The van der Waals surface area contributed by atoms with Crippen LogP contribution in [-0.4, -0.2) is 12.4 Å². The van der Waals surface area contributed by atoms with Crippen LogP contribution in [-0.2, 0) is 6.42 Å². The first-order chi connectivity index (χ1) is 7.10. The summed E-state index contributed by atoms with van der Waals surface area (Å²) in [5.41, 5.74) is 8.02. The highest BCUT2D eigenvalue weighted by Gasteiger charge is 2.12. The third-order valence-electron chi connectivity index (χ3n) is 2.25. The summed E-state index contributed by atoms with van der Waals surface area (Å²) >= 11 is 0. The van der Waals surface area contributed by atoms with E-state index in [2.05, 4.69) is 0 Å². The first kappa shape index (κ1) is 11.6. The van der Waals surface area contributed by atoms with E-state index in [9.17, 15) is 4.79 Å². The second-order valence-corrected chi connectivity index (χ2v) is 3.40. The Kier molecular flexibility index (Phi) is 3.72. The second-order valence-electron chi connectivity index (χ2n) is 3.40. The predicted molar refractivity (Wildman–Crippen MR) is 61.4 cm³/mol. The molecule has 15 heavy (non-hydrogen) atoms. The van der Waals surface area contributed by atoms with Crippen LogP contribution in [0, 0.1) is 0 Å². The van der Waals surface area contributed by atoms with Gasteiger partial charge in [0.05, 0.1) is 17.9 Å². The maximum absolute atomic E-state index is 11.4. The van der Waals surface area contributed by atoms with E-state index >= 15 is 0 Å². The van der Waals surface area contributed by atoms with Crippen molar-refractivity contribution in [2.45, 2.75) is 27.2 Å². The molecule has 0 bridgehead atoms. The molecular weight excluding hydrogens is 190 g/mol. The molecule has 0 amide bonds. The van der Waals surface area contributed by atoms with Gasteiger partial charge in [-0.15, -0.1) is 0 Å². The normalized spacial score (nSPS) is 10.1. The molecular formula is C12H17NO2. The van der Waals surface area contributed by atoms with Gasteiger partial charge in [0.2, 0.25) is 0 Å². The number of carbonyl (C=O) groups excluding carboxylic acids is 1. The van der Waals surface area contributed by atoms with Crippen molar-refractivity contribution >= 4 is 11.5 Å². The number of anilines is 1. The number of rotatable bonds is 4. The van der Waals surface area contributed by atoms with Gasteiger partial charge in [0.1, 0.15) is 0 Å². The minimum Gasteiger partial charge on any atom is -0.491 e. The first-order valence-corrected chi connectivity index (χ1v) is 5.16. The molecule has 2 N–H and O–H groups in total. The van der Waals surface area contributed by atoms with Crippen molar-refractivity contribution in [3.63, 3.8) is 0 Å². The van der Waals surface area contributed by atoms with Gasteiger partial charge in [-0.25, -0.2) is 0 Å². The summed E-state index contributed by atoms with van der Waals surface area (Å²) in [5.74, 6) is 0.502. The first-order valence-electron chi connectivity index (χ1n) is 5.16. The van der Waals surface area contributed by atoms with Crippen molar-refractivity contribution in [2.24, 2.45) is 0 Å². The Morgan fingerprint density at radius 3 is 2.53 bits per heavy atom. The number of hydrogen-bond acceptors (Lipinski definition) is 3. The lowest BCUT2D eigenvalue weighted by atomic mass is 10.0. The van der Waals surface area contributed by atoms with Crippen molar-refractivity contribution in [3.8, 4) is 5.75 Å². The third-order valence-corrected chi connectivity index (χ3v) is 2.25. The molecule has 1 aromatic rings. The van der Waals surface area contributed by atoms with Crippen LogP contribution in [0.1, 0.15) is 36.7 Å². The highest BCUT2D eigenvalue weighted by atomic mass is 16.5. The van der Waals surface area contributed by atoms with E-state index in [0.717, 1.165) is 12.0 Å². The number of carbonyl (C=O) groups is 1. The minimum absolute atomic E-state index is 0.0135. The van der Waals surface area contributed by atoms with Crippen LogP contribution in [0.5, 0.6) is 5.75 Å². The maximum atomic E-state index is 11.4. The summed E-state index contributed by atoms with van der Waals surface area (Å²) in [6.07, 6.45) is 0.858. The summed E-state index contributed by atoms with van der Waals surface area (Å²) in [6, 6.07) is 3.71. The van der Waals surface area contributed by atoms with Gasteiger partial charge in [0.15, 0.2) is 11.5 Å². The largest absolute Gasteiger partial charge is 0.491 e. The van der Waals surface area contributed by atoms with Crippen molar-refractivity contribution < 1.29 is 9.53 Å². The zero-order valence-electron chi connectivity index (χ0n) is 9.46. The lowest BCUT2D eigenvalue weighted by molar-refractivity contribution is 0.101. The van der Waals surface area contributed by atoms with Gasteiger partial charge in [-0.05, 0) is 38.0 Å². The van der Waals surface area contributed by atoms with Gasteiger partial charge in [-0.3, -0.25) is 4.79 Å². The fourth-order valence-corrected chi connectivity index (χ4v) is 1.48. The van der Waals surface area contributed by atoms with Crippen LogP contribution >= 0.6 is 0 Å². The second kappa shape index (κ2) is 4.82. The number of aryl methyl sites for hydroxylation is 1. The Morgan fingerprint density at radius 1 is 1.40 bits per heavy atom. The smallest absolute Gasteiger partial charge is 0.163 e. The van der Waals surface area contributed by atoms with Crippen LogP contribution in [0.2, 0.25) is 0 Å². The Morgan fingerprint density at radius 2 is 2.07 bits per heavy atom. The molecule has 1 aromatic carbocycles. The highest BCUT2D eigenvalue weighted by molar-refractivity contribution is 5.98. The number of ketones is 1. The van der Waals surface area contributed by atoms with E-state index in [1.54, 1.807) is 0 Å². The average Bonchev–Trinajstić information content (AvgIpc) is 2.20. The van der Waals surface area contributed by atoms with Gasteiger partial charge in [0.25, 0.3) is 0 Å². The molecule has 0 atom stereocenters. The molecule has 0 aliphatic heterocycles. The van der Waals surface area contributed by atoms with Crippen LogP contribution in [0.3, 0.4) is 0 Å². The van der Waals surface area contributed by atoms with E-state index < -0.39 is 0 Å². The van der Waals surface area contributed by atoms with Crippen molar-refractivity contribution in [1.29, 1.82) is 0 Å². The molecule has 0 heterocycles. The fourth-order valence-electron chi connectivity index (χ4n) is 1.48. The average molecular weight is 207 g/mol.